The van der Waals surface area contributed by atoms with Crippen LogP contribution in [0.2, 0.25) is 0 Å². The molecular formula is C13H15N5O2S. The number of pyridine rings is 1. The Bertz CT molecular complexity index is 759. The second-order valence-electron chi connectivity index (χ2n) is 4.29. The molecule has 2 rings (SSSR count). The van der Waals surface area contributed by atoms with Crippen molar-refractivity contribution in [2.45, 2.75) is 17.9 Å². The highest BCUT2D eigenvalue weighted by molar-refractivity contribution is 7.89. The predicted octanol–water partition coefficient (Wildman–Crippen LogP) is 0.154. The van der Waals surface area contributed by atoms with Crippen molar-refractivity contribution < 1.29 is 8.42 Å². The van der Waals surface area contributed by atoms with E-state index in [4.69, 9.17) is 5.73 Å². The zero-order valence-electron chi connectivity index (χ0n) is 11.4. The summed E-state index contributed by atoms with van der Waals surface area (Å²) in [5.41, 5.74) is 6.53. The van der Waals surface area contributed by atoms with Crippen molar-refractivity contribution in [3.63, 3.8) is 0 Å². The Morgan fingerprint density at radius 1 is 1.43 bits per heavy atom. The van der Waals surface area contributed by atoms with E-state index in [-0.39, 0.29) is 11.4 Å². The van der Waals surface area contributed by atoms with Crippen molar-refractivity contribution in [2.24, 2.45) is 5.73 Å². The molecule has 1 atom stereocenters. The lowest BCUT2D eigenvalue weighted by Gasteiger charge is -2.12. The Morgan fingerprint density at radius 2 is 2.24 bits per heavy atom. The van der Waals surface area contributed by atoms with Crippen LogP contribution < -0.4 is 10.5 Å². The lowest BCUT2D eigenvalue weighted by atomic mass is 10.2. The fraction of sp³-hybridized carbons (Fsp3) is 0.231. The Balaban J connectivity index is 2.23. The van der Waals surface area contributed by atoms with Crippen LogP contribution in [0.5, 0.6) is 0 Å². The van der Waals surface area contributed by atoms with Gasteiger partial charge in [0.25, 0.3) is 0 Å². The van der Waals surface area contributed by atoms with Gasteiger partial charge in [0.1, 0.15) is 4.90 Å². The maximum atomic E-state index is 12.3. The molecule has 0 saturated carbocycles. The molecule has 110 valence electrons. The van der Waals surface area contributed by atoms with Crippen molar-refractivity contribution in [1.29, 1.82) is 0 Å². The van der Waals surface area contributed by atoms with E-state index < -0.39 is 16.1 Å². The van der Waals surface area contributed by atoms with E-state index in [9.17, 15) is 8.42 Å². The standard InChI is InChI=1S/C13H15N5O2S/c1-10(12-7-16-17-8-12)18-21(19,20)13-5-11(3-2-4-14)6-15-9-13/h5-10,18H,4,14H2,1H3,(H,16,17). The molecule has 2 aromatic heterocycles. The second kappa shape index (κ2) is 6.49. The van der Waals surface area contributed by atoms with Gasteiger partial charge in [-0.2, -0.15) is 5.10 Å². The van der Waals surface area contributed by atoms with Gasteiger partial charge in [-0.3, -0.25) is 10.1 Å². The molecule has 7 nitrogen and oxygen atoms in total. The van der Waals surface area contributed by atoms with Gasteiger partial charge in [-0.25, -0.2) is 13.1 Å². The average molecular weight is 305 g/mol. The van der Waals surface area contributed by atoms with E-state index >= 15 is 0 Å². The quantitative estimate of drug-likeness (QED) is 0.696. The van der Waals surface area contributed by atoms with Gasteiger partial charge < -0.3 is 5.73 Å². The summed E-state index contributed by atoms with van der Waals surface area (Å²) in [6.45, 7) is 1.93. The van der Waals surface area contributed by atoms with E-state index in [2.05, 4.69) is 31.7 Å². The van der Waals surface area contributed by atoms with Crippen molar-refractivity contribution in [3.8, 4) is 11.8 Å². The summed E-state index contributed by atoms with van der Waals surface area (Å²) >= 11 is 0. The van der Waals surface area contributed by atoms with E-state index in [0.717, 1.165) is 5.56 Å². The molecule has 4 N–H and O–H groups in total. The fourth-order valence-electron chi connectivity index (χ4n) is 1.65. The summed E-state index contributed by atoms with van der Waals surface area (Å²) < 4.78 is 27.2. The van der Waals surface area contributed by atoms with E-state index in [1.54, 1.807) is 19.3 Å². The van der Waals surface area contributed by atoms with Gasteiger partial charge in [0.2, 0.25) is 10.0 Å². The first-order valence-electron chi connectivity index (χ1n) is 6.18. The molecule has 2 heterocycles. The molecule has 0 spiro atoms. The Labute approximate surface area is 123 Å². The number of hydrogen-bond acceptors (Lipinski definition) is 5. The van der Waals surface area contributed by atoms with E-state index in [1.807, 2.05) is 0 Å². The minimum Gasteiger partial charge on any atom is -0.320 e. The van der Waals surface area contributed by atoms with E-state index in [1.165, 1.54) is 18.5 Å². The summed E-state index contributed by atoms with van der Waals surface area (Å²) in [4.78, 5) is 3.95. The third-order valence-electron chi connectivity index (χ3n) is 2.71. The SMILES string of the molecule is CC(NS(=O)(=O)c1cncc(C#CCN)c1)c1cn[nH]c1. The number of rotatable bonds is 4. The first-order chi connectivity index (χ1) is 10.0. The number of sulfonamides is 1. The first-order valence-corrected chi connectivity index (χ1v) is 7.66. The van der Waals surface area contributed by atoms with Crippen LogP contribution >= 0.6 is 0 Å². The average Bonchev–Trinajstić information content (AvgIpc) is 2.99. The van der Waals surface area contributed by atoms with E-state index in [0.29, 0.717) is 5.56 Å². The number of nitrogens with two attached hydrogens (primary N) is 1. The van der Waals surface area contributed by atoms with Crippen molar-refractivity contribution in [1.82, 2.24) is 19.9 Å². The fourth-order valence-corrected chi connectivity index (χ4v) is 2.87. The molecule has 0 aromatic carbocycles. The molecule has 1 unspecified atom stereocenters. The summed E-state index contributed by atoms with van der Waals surface area (Å²) in [7, 11) is -3.69. The molecule has 0 aliphatic carbocycles. The number of hydrogen-bond donors (Lipinski definition) is 3. The molecule has 0 bridgehead atoms. The molecule has 2 aromatic rings. The van der Waals surface area contributed by atoms with Crippen LogP contribution in [0.1, 0.15) is 24.1 Å². The normalized spacial score (nSPS) is 12.5. The monoisotopic (exact) mass is 305 g/mol. The second-order valence-corrected chi connectivity index (χ2v) is 6.00. The summed E-state index contributed by atoms with van der Waals surface area (Å²) in [5.74, 6) is 5.41. The van der Waals surface area contributed by atoms with Crippen molar-refractivity contribution in [3.05, 3.63) is 42.0 Å². The smallest absolute Gasteiger partial charge is 0.242 e. The number of aromatic amines is 1. The van der Waals surface area contributed by atoms with Gasteiger partial charge in [0.05, 0.1) is 12.7 Å². The van der Waals surface area contributed by atoms with Crippen LogP contribution in [0.15, 0.2) is 35.7 Å². The van der Waals surface area contributed by atoms with Gasteiger partial charge in [0, 0.05) is 35.8 Å². The number of aromatic nitrogens is 3. The Hall–Kier alpha value is -2.21. The van der Waals surface area contributed by atoms with Crippen LogP contribution in [0.25, 0.3) is 0 Å². The molecule has 0 saturated heterocycles. The van der Waals surface area contributed by atoms with Crippen LogP contribution in [0.4, 0.5) is 0 Å². The molecule has 0 aliphatic heterocycles. The number of nitrogens with one attached hydrogen (secondary N) is 2. The minimum atomic E-state index is -3.69. The predicted molar refractivity (Wildman–Crippen MR) is 77.5 cm³/mol. The third kappa shape index (κ3) is 3.88. The van der Waals surface area contributed by atoms with Gasteiger partial charge in [-0.1, -0.05) is 11.8 Å². The van der Waals surface area contributed by atoms with Gasteiger partial charge in [-0.05, 0) is 13.0 Å². The Kier molecular flexibility index (Phi) is 4.70. The molecule has 21 heavy (non-hydrogen) atoms. The zero-order chi connectivity index (χ0) is 15.3. The number of H-pyrrole nitrogens is 1. The van der Waals surface area contributed by atoms with Crippen molar-refractivity contribution in [2.75, 3.05) is 6.54 Å². The van der Waals surface area contributed by atoms with Gasteiger partial charge in [0.15, 0.2) is 0 Å². The van der Waals surface area contributed by atoms with Gasteiger partial charge in [-0.15, -0.1) is 0 Å². The molecule has 0 amide bonds. The van der Waals surface area contributed by atoms with Crippen LogP contribution in [-0.2, 0) is 10.0 Å². The maximum Gasteiger partial charge on any atom is 0.242 e. The minimum absolute atomic E-state index is 0.0571. The van der Waals surface area contributed by atoms with Crippen LogP contribution in [0.3, 0.4) is 0 Å². The molecule has 0 radical (unpaired) electrons. The maximum absolute atomic E-state index is 12.3. The van der Waals surface area contributed by atoms with Crippen LogP contribution in [-0.4, -0.2) is 30.1 Å². The Morgan fingerprint density at radius 3 is 2.90 bits per heavy atom. The zero-order valence-corrected chi connectivity index (χ0v) is 12.2. The topological polar surface area (TPSA) is 114 Å². The summed E-state index contributed by atoms with van der Waals surface area (Å²) in [6, 6.07) is 1.05. The summed E-state index contributed by atoms with van der Waals surface area (Å²) in [5, 5.41) is 6.43. The lowest BCUT2D eigenvalue weighted by Crippen LogP contribution is -2.26. The third-order valence-corrected chi connectivity index (χ3v) is 4.22. The molecular weight excluding hydrogens is 290 g/mol. The van der Waals surface area contributed by atoms with Crippen molar-refractivity contribution >= 4 is 10.0 Å². The molecule has 0 fully saturated rings. The van der Waals surface area contributed by atoms with Gasteiger partial charge >= 0.3 is 0 Å². The first kappa shape index (κ1) is 15.2. The highest BCUT2D eigenvalue weighted by Crippen LogP contribution is 2.15. The highest BCUT2D eigenvalue weighted by atomic mass is 32.2. The molecule has 0 aliphatic rings. The highest BCUT2D eigenvalue weighted by Gasteiger charge is 2.19. The number of nitrogens with zero attached hydrogens (tertiary/aromatic N) is 2. The lowest BCUT2D eigenvalue weighted by molar-refractivity contribution is 0.566. The molecule has 8 heteroatoms. The van der Waals surface area contributed by atoms with Crippen LogP contribution in [0, 0.1) is 11.8 Å². The summed E-state index contributed by atoms with van der Waals surface area (Å²) in [6.07, 6.45) is 5.96. The largest absolute Gasteiger partial charge is 0.320 e.